The van der Waals surface area contributed by atoms with E-state index in [1.807, 2.05) is 0 Å². The van der Waals surface area contributed by atoms with Gasteiger partial charge in [0, 0.05) is 0 Å². The summed E-state index contributed by atoms with van der Waals surface area (Å²) >= 11 is -1.63. The summed E-state index contributed by atoms with van der Waals surface area (Å²) in [5.41, 5.74) is 0. The Bertz CT molecular complexity index is 83.8. The van der Waals surface area contributed by atoms with Crippen LogP contribution in [0.4, 0.5) is 0 Å². The van der Waals surface area contributed by atoms with Crippen molar-refractivity contribution in [1.29, 1.82) is 0 Å². The Kier molecular flexibility index (Phi) is 3.61. The Hall–Kier alpha value is 0.868. The molecule has 0 amide bonds. The minimum atomic E-state index is -1.63. The zero-order valence-electron chi connectivity index (χ0n) is 2.51. The Morgan fingerprint density at radius 2 is 1.80 bits per heavy atom. The minimum absolute atomic E-state index is 1.63. The van der Waals surface area contributed by atoms with E-state index < -0.39 is 13.7 Å². The third kappa shape index (κ3) is 4.87. The second-order valence-corrected chi connectivity index (χ2v) is 11.1. The van der Waals surface area contributed by atoms with Crippen LogP contribution in [0.3, 0.4) is 0 Å². The van der Waals surface area contributed by atoms with Gasteiger partial charge in [-0.1, -0.05) is 0 Å². The van der Waals surface area contributed by atoms with E-state index >= 15 is 0 Å². The van der Waals surface area contributed by atoms with E-state index in [4.69, 9.17) is 0 Å². The van der Waals surface area contributed by atoms with Crippen LogP contribution in [0.25, 0.3) is 0 Å². The van der Waals surface area contributed by atoms with Crippen molar-refractivity contribution in [2.24, 2.45) is 0 Å². The standard InChI is InChI=1S/C2H3.2S.W/c1-2;;;/h1H,2H2;;;. The van der Waals surface area contributed by atoms with Crippen molar-refractivity contribution in [1.82, 2.24) is 0 Å². The van der Waals surface area contributed by atoms with Crippen molar-refractivity contribution in [3.8, 4) is 0 Å². The van der Waals surface area contributed by atoms with Crippen LogP contribution < -0.4 is 0 Å². The van der Waals surface area contributed by atoms with Crippen LogP contribution in [0.1, 0.15) is 0 Å². The van der Waals surface area contributed by atoms with E-state index in [0.717, 1.165) is 0 Å². The van der Waals surface area contributed by atoms with Gasteiger partial charge in [0.15, 0.2) is 0 Å². The molecule has 0 bridgehead atoms. The molecule has 0 heterocycles. The molecule has 0 aromatic carbocycles. The van der Waals surface area contributed by atoms with Crippen LogP contribution in [0.5, 0.6) is 0 Å². The van der Waals surface area contributed by atoms with Gasteiger partial charge in [-0.2, -0.15) is 0 Å². The van der Waals surface area contributed by atoms with Crippen molar-refractivity contribution in [3.63, 3.8) is 0 Å². The summed E-state index contributed by atoms with van der Waals surface area (Å²) in [4.78, 5) is 0. The SMILES string of the molecule is C=[CH][W](=[S])=[S]. The Balaban J connectivity index is 3.69. The zero-order chi connectivity index (χ0) is 4.28. The molecule has 0 aliphatic heterocycles. The monoisotopic (exact) mass is 275 g/mol. The van der Waals surface area contributed by atoms with E-state index in [-0.39, 0.29) is 0 Å². The molecule has 0 aromatic rings. The van der Waals surface area contributed by atoms with Gasteiger partial charge in [-0.05, 0) is 0 Å². The normalized spacial score (nSPS) is 6.40. The van der Waals surface area contributed by atoms with Crippen molar-refractivity contribution < 1.29 is 13.7 Å². The molecule has 0 saturated carbocycles. The molecule has 0 saturated heterocycles. The van der Waals surface area contributed by atoms with Crippen molar-refractivity contribution in [2.75, 3.05) is 0 Å². The van der Waals surface area contributed by atoms with E-state index in [0.29, 0.717) is 0 Å². The molecule has 0 N–H and O–H groups in total. The quantitative estimate of drug-likeness (QED) is 0.717. The van der Waals surface area contributed by atoms with Crippen LogP contribution in [-0.4, -0.2) is 0 Å². The molecule has 0 aromatic heterocycles. The van der Waals surface area contributed by atoms with Gasteiger partial charge in [-0.25, -0.2) is 0 Å². The second kappa shape index (κ2) is 3.07. The van der Waals surface area contributed by atoms with Gasteiger partial charge in [0.25, 0.3) is 0 Å². The number of rotatable bonds is 1. The van der Waals surface area contributed by atoms with Crippen molar-refractivity contribution in [3.05, 3.63) is 11.0 Å². The first-order chi connectivity index (χ1) is 2.27. The van der Waals surface area contributed by atoms with Gasteiger partial charge >= 0.3 is 44.4 Å². The number of hydrogen-bond acceptors (Lipinski definition) is 2. The van der Waals surface area contributed by atoms with Crippen LogP contribution >= 0.6 is 19.6 Å². The fourth-order valence-electron chi connectivity index (χ4n) is 0. The molecule has 0 radical (unpaired) electrons. The third-order valence-electron chi connectivity index (χ3n) is 0.136. The second-order valence-electron chi connectivity index (χ2n) is 0.427. The Morgan fingerprint density at radius 3 is 1.80 bits per heavy atom. The molecule has 0 nitrogen and oxygen atoms in total. The summed E-state index contributed by atoms with van der Waals surface area (Å²) in [6.07, 6.45) is 0. The van der Waals surface area contributed by atoms with E-state index in [9.17, 15) is 0 Å². The van der Waals surface area contributed by atoms with Gasteiger partial charge in [0.1, 0.15) is 0 Å². The molecular formula is C2H3S2W. The molecule has 29 valence electrons. The maximum atomic E-state index is 4.67. The Morgan fingerprint density at radius 1 is 1.60 bits per heavy atom. The molecule has 0 spiro atoms. The molecule has 0 aliphatic carbocycles. The summed E-state index contributed by atoms with van der Waals surface area (Å²) in [5.74, 6) is 0. The van der Waals surface area contributed by atoms with Crippen molar-refractivity contribution in [2.45, 2.75) is 0 Å². The average molecular weight is 275 g/mol. The summed E-state index contributed by atoms with van der Waals surface area (Å²) in [7, 11) is 9.34. The van der Waals surface area contributed by atoms with Gasteiger partial charge < -0.3 is 0 Å². The topological polar surface area (TPSA) is 0 Å². The average Bonchev–Trinajstić information content (AvgIpc) is 1.38. The first-order valence-electron chi connectivity index (χ1n) is 0.977. The molecular weight excluding hydrogens is 272 g/mol. The molecule has 3 heteroatoms. The first kappa shape index (κ1) is 5.87. The number of hydrogen-bond donors (Lipinski definition) is 0. The summed E-state index contributed by atoms with van der Waals surface area (Å²) in [6, 6.07) is 0. The molecule has 0 fully saturated rings. The summed E-state index contributed by atoms with van der Waals surface area (Å²) in [6.45, 7) is 3.44. The molecule has 5 heavy (non-hydrogen) atoms. The van der Waals surface area contributed by atoms with Gasteiger partial charge in [0.2, 0.25) is 0 Å². The van der Waals surface area contributed by atoms with Crippen LogP contribution in [-0.2, 0) is 13.7 Å². The summed E-state index contributed by atoms with van der Waals surface area (Å²) < 4.78 is 1.74. The van der Waals surface area contributed by atoms with Gasteiger partial charge in [-0.3, -0.25) is 0 Å². The van der Waals surface area contributed by atoms with Gasteiger partial charge in [0.05, 0.1) is 0 Å². The van der Waals surface area contributed by atoms with E-state index in [2.05, 4.69) is 26.2 Å². The maximum absolute atomic E-state index is 4.67. The fourth-order valence-corrected chi connectivity index (χ4v) is 0. The predicted octanol–water partition coefficient (Wildman–Crippen LogP) is 1.97. The van der Waals surface area contributed by atoms with E-state index in [1.165, 1.54) is 0 Å². The van der Waals surface area contributed by atoms with E-state index in [1.54, 1.807) is 4.47 Å². The van der Waals surface area contributed by atoms with Crippen LogP contribution in [0.15, 0.2) is 11.0 Å². The van der Waals surface area contributed by atoms with Crippen LogP contribution in [0.2, 0.25) is 0 Å². The fraction of sp³-hybridized carbons (Fsp3) is 0. The third-order valence-corrected chi connectivity index (χ3v) is 3.34. The Labute approximate surface area is 44.3 Å². The van der Waals surface area contributed by atoms with Crippen LogP contribution in [0, 0.1) is 0 Å². The molecule has 0 atom stereocenters. The molecule has 0 rings (SSSR count). The predicted molar refractivity (Wildman–Crippen MR) is 25.4 cm³/mol. The first-order valence-corrected chi connectivity index (χ1v) is 10.5. The summed E-state index contributed by atoms with van der Waals surface area (Å²) in [5, 5.41) is 0. The molecule has 0 unspecified atom stereocenters. The zero-order valence-corrected chi connectivity index (χ0v) is 7.08. The van der Waals surface area contributed by atoms with Gasteiger partial charge in [-0.15, -0.1) is 0 Å². The molecule has 0 aliphatic rings. The van der Waals surface area contributed by atoms with Crippen molar-refractivity contribution >= 4 is 19.6 Å².